The van der Waals surface area contributed by atoms with Crippen molar-refractivity contribution < 1.29 is 9.47 Å². The monoisotopic (exact) mass is 264 g/mol. The van der Waals surface area contributed by atoms with Gasteiger partial charge in [0.1, 0.15) is 11.9 Å². The number of nitrogens with two attached hydrogens (primary N) is 1. The fourth-order valence-corrected chi connectivity index (χ4v) is 1.49. The predicted molar refractivity (Wildman–Crippen MR) is 73.8 cm³/mol. The third kappa shape index (κ3) is 6.04. The van der Waals surface area contributed by atoms with Gasteiger partial charge in [-0.25, -0.2) is 4.98 Å². The van der Waals surface area contributed by atoms with Crippen LogP contribution in [0.1, 0.15) is 18.4 Å². The SMILES string of the molecule is COCCOCCCCNc1ncc(N)cc1C#N. The van der Waals surface area contributed by atoms with Crippen LogP contribution in [0, 0.1) is 11.3 Å². The maximum Gasteiger partial charge on any atom is 0.144 e. The highest BCUT2D eigenvalue weighted by Gasteiger charge is 2.03. The van der Waals surface area contributed by atoms with E-state index in [0.29, 0.717) is 36.9 Å². The Balaban J connectivity index is 2.18. The summed E-state index contributed by atoms with van der Waals surface area (Å²) in [5, 5.41) is 12.1. The van der Waals surface area contributed by atoms with E-state index in [9.17, 15) is 0 Å². The Kier molecular flexibility index (Phi) is 7.32. The van der Waals surface area contributed by atoms with E-state index in [2.05, 4.69) is 16.4 Å². The highest BCUT2D eigenvalue weighted by molar-refractivity contribution is 5.57. The number of anilines is 2. The summed E-state index contributed by atoms with van der Waals surface area (Å²) in [4.78, 5) is 4.10. The van der Waals surface area contributed by atoms with Crippen molar-refractivity contribution in [2.45, 2.75) is 12.8 Å². The van der Waals surface area contributed by atoms with Gasteiger partial charge in [0.2, 0.25) is 0 Å². The largest absolute Gasteiger partial charge is 0.397 e. The molecule has 6 heteroatoms. The van der Waals surface area contributed by atoms with E-state index in [1.165, 1.54) is 6.20 Å². The Bertz CT molecular complexity index is 418. The first kappa shape index (κ1) is 15.2. The number of nitrogen functional groups attached to an aromatic ring is 1. The van der Waals surface area contributed by atoms with Crippen LogP contribution in [0.25, 0.3) is 0 Å². The second-order valence-corrected chi connectivity index (χ2v) is 4.02. The number of aromatic nitrogens is 1. The molecule has 0 fully saturated rings. The topological polar surface area (TPSA) is 93.2 Å². The van der Waals surface area contributed by atoms with Gasteiger partial charge in [0.25, 0.3) is 0 Å². The van der Waals surface area contributed by atoms with Crippen molar-refractivity contribution in [3.8, 4) is 6.07 Å². The Morgan fingerprint density at radius 2 is 2.21 bits per heavy atom. The molecule has 0 aromatic carbocycles. The molecule has 0 atom stereocenters. The first-order chi connectivity index (χ1) is 9.27. The quantitative estimate of drug-likeness (QED) is 0.655. The molecule has 1 aromatic heterocycles. The third-order valence-corrected chi connectivity index (χ3v) is 2.47. The summed E-state index contributed by atoms with van der Waals surface area (Å²) in [5.74, 6) is 0.581. The number of ether oxygens (including phenoxy) is 2. The van der Waals surface area contributed by atoms with Gasteiger partial charge in [-0.2, -0.15) is 5.26 Å². The molecule has 1 rings (SSSR count). The molecule has 6 nitrogen and oxygen atoms in total. The molecule has 3 N–H and O–H groups in total. The van der Waals surface area contributed by atoms with Gasteiger partial charge in [-0.15, -0.1) is 0 Å². The fourth-order valence-electron chi connectivity index (χ4n) is 1.49. The molecule has 0 aliphatic carbocycles. The minimum atomic E-state index is 0.469. The Morgan fingerprint density at radius 1 is 1.37 bits per heavy atom. The van der Waals surface area contributed by atoms with Crippen LogP contribution in [0.5, 0.6) is 0 Å². The molecule has 0 bridgehead atoms. The van der Waals surface area contributed by atoms with Crippen LogP contribution in [0.3, 0.4) is 0 Å². The second-order valence-electron chi connectivity index (χ2n) is 4.02. The Hall–Kier alpha value is -1.84. The first-order valence-corrected chi connectivity index (χ1v) is 6.24. The molecule has 0 saturated heterocycles. The number of unbranched alkanes of at least 4 members (excludes halogenated alkanes) is 1. The second kappa shape index (κ2) is 9.14. The zero-order chi connectivity index (χ0) is 13.9. The molecule has 1 heterocycles. The fraction of sp³-hybridized carbons (Fsp3) is 0.538. The van der Waals surface area contributed by atoms with Gasteiger partial charge in [0.05, 0.1) is 30.7 Å². The number of nitrogens with one attached hydrogen (secondary N) is 1. The van der Waals surface area contributed by atoms with Gasteiger partial charge in [-0.3, -0.25) is 0 Å². The van der Waals surface area contributed by atoms with Crippen molar-refractivity contribution in [1.29, 1.82) is 5.26 Å². The van der Waals surface area contributed by atoms with Gasteiger partial charge < -0.3 is 20.5 Å². The highest BCUT2D eigenvalue weighted by atomic mass is 16.5. The van der Waals surface area contributed by atoms with Gasteiger partial charge in [0.15, 0.2) is 0 Å². The smallest absolute Gasteiger partial charge is 0.144 e. The lowest BCUT2D eigenvalue weighted by molar-refractivity contribution is 0.0691. The Morgan fingerprint density at radius 3 is 2.95 bits per heavy atom. The van der Waals surface area contributed by atoms with Crippen LogP contribution in [0.4, 0.5) is 11.5 Å². The molecule has 0 radical (unpaired) electrons. The summed E-state index contributed by atoms with van der Waals surface area (Å²) in [6.45, 7) is 2.71. The minimum absolute atomic E-state index is 0.469. The molecule has 19 heavy (non-hydrogen) atoms. The molecule has 104 valence electrons. The lowest BCUT2D eigenvalue weighted by Crippen LogP contribution is -2.08. The number of nitrogens with zero attached hydrogens (tertiary/aromatic N) is 2. The van der Waals surface area contributed by atoms with E-state index in [1.807, 2.05) is 0 Å². The highest BCUT2D eigenvalue weighted by Crippen LogP contribution is 2.14. The molecule has 0 unspecified atom stereocenters. The van der Waals surface area contributed by atoms with Crippen LogP contribution in [0.15, 0.2) is 12.3 Å². The number of methoxy groups -OCH3 is 1. The predicted octanol–water partition coefficient (Wildman–Crippen LogP) is 1.39. The number of rotatable bonds is 9. The van der Waals surface area contributed by atoms with Crippen molar-refractivity contribution in [2.75, 3.05) is 44.5 Å². The molecule has 1 aromatic rings. The van der Waals surface area contributed by atoms with Crippen molar-refractivity contribution in [3.63, 3.8) is 0 Å². The molecule has 0 aliphatic rings. The standard InChI is InChI=1S/C13H20N4O2/c1-18-6-7-19-5-3-2-4-16-13-11(9-14)8-12(15)10-17-13/h8,10H,2-7,15H2,1H3,(H,16,17). The van der Waals surface area contributed by atoms with Crippen LogP contribution in [-0.4, -0.2) is 38.5 Å². The maximum absolute atomic E-state index is 8.95. The number of nitriles is 1. The summed E-state index contributed by atoms with van der Waals surface area (Å²) in [6, 6.07) is 3.68. The normalized spacial score (nSPS) is 10.1. The van der Waals surface area contributed by atoms with Crippen LogP contribution >= 0.6 is 0 Å². The van der Waals surface area contributed by atoms with Gasteiger partial charge in [0, 0.05) is 20.3 Å². The van der Waals surface area contributed by atoms with Gasteiger partial charge >= 0.3 is 0 Å². The number of hydrogen-bond donors (Lipinski definition) is 2. The van der Waals surface area contributed by atoms with Crippen LogP contribution in [-0.2, 0) is 9.47 Å². The zero-order valence-corrected chi connectivity index (χ0v) is 11.2. The number of hydrogen-bond acceptors (Lipinski definition) is 6. The van der Waals surface area contributed by atoms with E-state index in [-0.39, 0.29) is 0 Å². The third-order valence-electron chi connectivity index (χ3n) is 2.47. The molecule has 0 spiro atoms. The minimum Gasteiger partial charge on any atom is -0.397 e. The van der Waals surface area contributed by atoms with Gasteiger partial charge in [-0.1, -0.05) is 0 Å². The molecule has 0 aliphatic heterocycles. The molecular weight excluding hydrogens is 244 g/mol. The summed E-state index contributed by atoms with van der Waals surface area (Å²) in [6.07, 6.45) is 3.44. The maximum atomic E-state index is 8.95. The van der Waals surface area contributed by atoms with Crippen molar-refractivity contribution >= 4 is 11.5 Å². The lowest BCUT2D eigenvalue weighted by Gasteiger charge is -2.08. The van der Waals surface area contributed by atoms with E-state index in [1.54, 1.807) is 13.2 Å². The van der Waals surface area contributed by atoms with E-state index in [4.69, 9.17) is 20.5 Å². The average Bonchev–Trinajstić information content (AvgIpc) is 2.43. The summed E-state index contributed by atoms with van der Waals surface area (Å²) >= 11 is 0. The van der Waals surface area contributed by atoms with Crippen LogP contribution in [0.2, 0.25) is 0 Å². The van der Waals surface area contributed by atoms with Crippen molar-refractivity contribution in [1.82, 2.24) is 4.98 Å². The van der Waals surface area contributed by atoms with Crippen molar-refractivity contribution in [2.24, 2.45) is 0 Å². The summed E-state index contributed by atoms with van der Waals surface area (Å²) < 4.78 is 10.2. The van der Waals surface area contributed by atoms with E-state index in [0.717, 1.165) is 19.4 Å². The van der Waals surface area contributed by atoms with Crippen molar-refractivity contribution in [3.05, 3.63) is 17.8 Å². The Labute approximate surface area is 113 Å². The lowest BCUT2D eigenvalue weighted by atomic mass is 10.2. The van der Waals surface area contributed by atoms with Crippen LogP contribution < -0.4 is 11.1 Å². The average molecular weight is 264 g/mol. The zero-order valence-electron chi connectivity index (χ0n) is 11.2. The number of pyridine rings is 1. The summed E-state index contributed by atoms with van der Waals surface area (Å²) in [7, 11) is 1.65. The molecular formula is C13H20N4O2. The first-order valence-electron chi connectivity index (χ1n) is 6.24. The van der Waals surface area contributed by atoms with Gasteiger partial charge in [-0.05, 0) is 18.9 Å². The molecule has 0 amide bonds. The van der Waals surface area contributed by atoms with E-state index >= 15 is 0 Å². The van der Waals surface area contributed by atoms with E-state index < -0.39 is 0 Å². The molecule has 0 saturated carbocycles. The summed E-state index contributed by atoms with van der Waals surface area (Å²) in [5.41, 5.74) is 6.53.